The molecule has 20 heavy (non-hydrogen) atoms. The summed E-state index contributed by atoms with van der Waals surface area (Å²) in [6, 6.07) is 0. The van der Waals surface area contributed by atoms with Crippen molar-refractivity contribution in [2.45, 2.75) is 19.9 Å². The maximum Gasteiger partial charge on any atom is 0.147 e. The first-order chi connectivity index (χ1) is 9.81. The molecular weight excluding hydrogens is 270 g/mol. The van der Waals surface area contributed by atoms with Crippen molar-refractivity contribution in [1.82, 2.24) is 19.9 Å². The van der Waals surface area contributed by atoms with Crippen LogP contribution in [0.5, 0.6) is 0 Å². The third-order valence-electron chi connectivity index (χ3n) is 3.52. The molecule has 0 aromatic carbocycles. The van der Waals surface area contributed by atoms with Crippen molar-refractivity contribution in [2.24, 2.45) is 0 Å². The van der Waals surface area contributed by atoms with Crippen molar-refractivity contribution in [3.63, 3.8) is 0 Å². The first-order valence-electron chi connectivity index (χ1n) is 6.94. The van der Waals surface area contributed by atoms with Gasteiger partial charge in [0.15, 0.2) is 0 Å². The van der Waals surface area contributed by atoms with Crippen molar-refractivity contribution in [1.29, 1.82) is 0 Å². The topological polar surface area (TPSA) is 45.2 Å². The fourth-order valence-corrected chi connectivity index (χ4v) is 3.06. The van der Waals surface area contributed by atoms with Crippen molar-refractivity contribution in [3.8, 4) is 0 Å². The van der Waals surface area contributed by atoms with Crippen LogP contribution in [0.15, 0.2) is 23.3 Å². The van der Waals surface area contributed by atoms with E-state index < -0.39 is 0 Å². The lowest BCUT2D eigenvalue weighted by molar-refractivity contribution is 0.282. The second-order valence-corrected chi connectivity index (χ2v) is 5.83. The Morgan fingerprint density at radius 2 is 2.15 bits per heavy atom. The SMILES string of the molecule is Cc1cncc(N2CCCN(Cc3cscn3)CC2)n1. The molecule has 3 heterocycles. The van der Waals surface area contributed by atoms with Gasteiger partial charge in [0.25, 0.3) is 0 Å². The molecule has 0 radical (unpaired) electrons. The van der Waals surface area contributed by atoms with Crippen LogP contribution in [0.4, 0.5) is 5.82 Å². The standard InChI is InChI=1S/C14H19N5S/c1-12-7-15-8-14(17-12)19-4-2-3-18(5-6-19)9-13-10-20-11-16-13/h7-8,10-11H,2-6,9H2,1H3. The number of aryl methyl sites for hydroxylation is 1. The van der Waals surface area contributed by atoms with E-state index in [1.807, 2.05) is 18.6 Å². The Morgan fingerprint density at radius 1 is 1.20 bits per heavy atom. The quantitative estimate of drug-likeness (QED) is 0.864. The zero-order chi connectivity index (χ0) is 13.8. The summed E-state index contributed by atoms with van der Waals surface area (Å²) in [7, 11) is 0. The smallest absolute Gasteiger partial charge is 0.147 e. The normalized spacial score (nSPS) is 17.1. The van der Waals surface area contributed by atoms with Crippen LogP contribution in [0.2, 0.25) is 0 Å². The minimum absolute atomic E-state index is 0.955. The summed E-state index contributed by atoms with van der Waals surface area (Å²) in [6.45, 7) is 7.16. The van der Waals surface area contributed by atoms with Gasteiger partial charge in [-0.05, 0) is 13.3 Å². The van der Waals surface area contributed by atoms with E-state index in [0.29, 0.717) is 0 Å². The summed E-state index contributed by atoms with van der Waals surface area (Å²) in [6.07, 6.45) is 4.82. The lowest BCUT2D eigenvalue weighted by Gasteiger charge is -2.22. The van der Waals surface area contributed by atoms with Crippen LogP contribution >= 0.6 is 11.3 Å². The minimum atomic E-state index is 0.955. The Morgan fingerprint density at radius 3 is 2.95 bits per heavy atom. The number of anilines is 1. The Kier molecular flexibility index (Phi) is 4.22. The van der Waals surface area contributed by atoms with Gasteiger partial charge < -0.3 is 4.90 Å². The summed E-state index contributed by atoms with van der Waals surface area (Å²) < 4.78 is 0. The van der Waals surface area contributed by atoms with Crippen LogP contribution in [0.25, 0.3) is 0 Å². The highest BCUT2D eigenvalue weighted by Crippen LogP contribution is 2.14. The first kappa shape index (κ1) is 13.5. The molecule has 0 amide bonds. The van der Waals surface area contributed by atoms with Crippen LogP contribution in [-0.2, 0) is 6.54 Å². The van der Waals surface area contributed by atoms with Crippen molar-refractivity contribution >= 4 is 17.2 Å². The first-order valence-corrected chi connectivity index (χ1v) is 7.88. The average Bonchev–Trinajstić information content (AvgIpc) is 2.84. The predicted octanol–water partition coefficient (Wildman–Crippen LogP) is 1.95. The number of thiazole rings is 1. The van der Waals surface area contributed by atoms with Crippen LogP contribution in [0, 0.1) is 6.92 Å². The third-order valence-corrected chi connectivity index (χ3v) is 4.16. The highest BCUT2D eigenvalue weighted by atomic mass is 32.1. The van der Waals surface area contributed by atoms with Crippen molar-refractivity contribution in [2.75, 3.05) is 31.1 Å². The van der Waals surface area contributed by atoms with E-state index in [2.05, 4.69) is 30.1 Å². The molecule has 1 fully saturated rings. The van der Waals surface area contributed by atoms with E-state index in [0.717, 1.165) is 50.7 Å². The molecular formula is C14H19N5S. The fraction of sp³-hybridized carbons (Fsp3) is 0.500. The Labute approximate surface area is 123 Å². The molecule has 1 saturated heterocycles. The van der Waals surface area contributed by atoms with Crippen molar-refractivity contribution < 1.29 is 0 Å². The van der Waals surface area contributed by atoms with E-state index in [-0.39, 0.29) is 0 Å². The number of nitrogens with zero attached hydrogens (tertiary/aromatic N) is 5. The Hall–Kier alpha value is -1.53. The summed E-state index contributed by atoms with van der Waals surface area (Å²) in [5.74, 6) is 1.00. The number of hydrogen-bond donors (Lipinski definition) is 0. The predicted molar refractivity (Wildman–Crippen MR) is 81.0 cm³/mol. The van der Waals surface area contributed by atoms with E-state index in [9.17, 15) is 0 Å². The Bertz CT molecular complexity index is 542. The van der Waals surface area contributed by atoms with Gasteiger partial charge >= 0.3 is 0 Å². The molecule has 0 spiro atoms. The maximum atomic E-state index is 4.57. The molecule has 1 aliphatic rings. The number of hydrogen-bond acceptors (Lipinski definition) is 6. The average molecular weight is 289 g/mol. The summed E-state index contributed by atoms with van der Waals surface area (Å²) in [4.78, 5) is 18.0. The number of aromatic nitrogens is 3. The largest absolute Gasteiger partial charge is 0.354 e. The minimum Gasteiger partial charge on any atom is -0.354 e. The van der Waals surface area contributed by atoms with E-state index in [1.54, 1.807) is 17.5 Å². The molecule has 0 bridgehead atoms. The monoisotopic (exact) mass is 289 g/mol. The highest BCUT2D eigenvalue weighted by molar-refractivity contribution is 7.07. The molecule has 0 aliphatic carbocycles. The summed E-state index contributed by atoms with van der Waals surface area (Å²) >= 11 is 1.67. The van der Waals surface area contributed by atoms with E-state index in [1.165, 1.54) is 5.69 Å². The highest BCUT2D eigenvalue weighted by Gasteiger charge is 2.16. The van der Waals surface area contributed by atoms with Gasteiger partial charge in [0.2, 0.25) is 0 Å². The molecule has 6 heteroatoms. The molecule has 0 atom stereocenters. The Balaban J connectivity index is 1.62. The summed E-state index contributed by atoms with van der Waals surface area (Å²) in [5.41, 5.74) is 4.06. The van der Waals surface area contributed by atoms with Gasteiger partial charge in [-0.3, -0.25) is 9.88 Å². The fourth-order valence-electron chi connectivity index (χ4n) is 2.51. The van der Waals surface area contributed by atoms with Crippen LogP contribution < -0.4 is 4.90 Å². The van der Waals surface area contributed by atoms with Gasteiger partial charge in [-0.25, -0.2) is 9.97 Å². The van der Waals surface area contributed by atoms with Crippen molar-refractivity contribution in [3.05, 3.63) is 34.7 Å². The molecule has 0 saturated carbocycles. The van der Waals surface area contributed by atoms with Gasteiger partial charge in [0, 0.05) is 44.3 Å². The molecule has 106 valence electrons. The summed E-state index contributed by atoms with van der Waals surface area (Å²) in [5, 5.41) is 2.13. The molecule has 5 nitrogen and oxygen atoms in total. The van der Waals surface area contributed by atoms with E-state index in [4.69, 9.17) is 0 Å². The number of rotatable bonds is 3. The van der Waals surface area contributed by atoms with Crippen LogP contribution in [-0.4, -0.2) is 46.0 Å². The van der Waals surface area contributed by atoms with Gasteiger partial charge in [0.05, 0.1) is 23.1 Å². The molecule has 2 aromatic heterocycles. The maximum absolute atomic E-state index is 4.57. The zero-order valence-corrected chi connectivity index (χ0v) is 12.5. The molecule has 3 rings (SSSR count). The lowest BCUT2D eigenvalue weighted by atomic mass is 10.3. The molecule has 2 aromatic rings. The van der Waals surface area contributed by atoms with Crippen LogP contribution in [0.3, 0.4) is 0 Å². The second kappa shape index (κ2) is 6.28. The molecule has 0 unspecified atom stereocenters. The third kappa shape index (κ3) is 3.32. The molecule has 1 aliphatic heterocycles. The van der Waals surface area contributed by atoms with Gasteiger partial charge in [-0.15, -0.1) is 11.3 Å². The lowest BCUT2D eigenvalue weighted by Crippen LogP contribution is -2.31. The molecule has 0 N–H and O–H groups in total. The van der Waals surface area contributed by atoms with Crippen LogP contribution in [0.1, 0.15) is 17.8 Å². The second-order valence-electron chi connectivity index (χ2n) is 5.12. The zero-order valence-electron chi connectivity index (χ0n) is 11.7. The van der Waals surface area contributed by atoms with Gasteiger partial charge in [0.1, 0.15) is 5.82 Å². The van der Waals surface area contributed by atoms with Gasteiger partial charge in [-0.1, -0.05) is 0 Å². The van der Waals surface area contributed by atoms with Gasteiger partial charge in [-0.2, -0.15) is 0 Å². The van der Waals surface area contributed by atoms with E-state index >= 15 is 0 Å².